The topological polar surface area (TPSA) is 102 Å². The summed E-state index contributed by atoms with van der Waals surface area (Å²) in [7, 11) is 1.56. The lowest BCUT2D eigenvalue weighted by Gasteiger charge is -2.26. The van der Waals surface area contributed by atoms with E-state index in [1.165, 1.54) is 6.33 Å². The third-order valence-corrected chi connectivity index (χ3v) is 2.62. The third-order valence-electron chi connectivity index (χ3n) is 2.62. The molecule has 0 spiro atoms. The van der Waals surface area contributed by atoms with Crippen molar-refractivity contribution in [2.45, 2.75) is 39.2 Å². The number of hydrogen-bond donors (Lipinski definition) is 3. The van der Waals surface area contributed by atoms with Crippen LogP contribution in [-0.4, -0.2) is 35.1 Å². The maximum absolute atomic E-state index is 11.1. The van der Waals surface area contributed by atoms with Crippen molar-refractivity contribution in [2.24, 2.45) is 5.73 Å². The number of amides is 1. The van der Waals surface area contributed by atoms with Crippen LogP contribution >= 0.6 is 0 Å². The Morgan fingerprint density at radius 1 is 1.40 bits per heavy atom. The lowest BCUT2D eigenvalue weighted by atomic mass is 10.0. The lowest BCUT2D eigenvalue weighted by molar-refractivity contribution is -0.118. The van der Waals surface area contributed by atoms with E-state index in [1.54, 1.807) is 7.11 Å². The van der Waals surface area contributed by atoms with E-state index >= 15 is 0 Å². The Morgan fingerprint density at radius 2 is 2.05 bits per heavy atom. The molecule has 0 aliphatic rings. The quantitative estimate of drug-likeness (QED) is 0.665. The Balaban J connectivity index is 2.96. The Morgan fingerprint density at radius 3 is 2.60 bits per heavy atom. The normalized spacial score (nSPS) is 11.0. The van der Waals surface area contributed by atoms with Crippen molar-refractivity contribution < 1.29 is 9.53 Å². The van der Waals surface area contributed by atoms with Crippen LogP contribution in [0.1, 0.15) is 33.6 Å². The first-order valence-electron chi connectivity index (χ1n) is 6.59. The van der Waals surface area contributed by atoms with Crippen molar-refractivity contribution in [1.29, 1.82) is 0 Å². The zero-order chi connectivity index (χ0) is 15.2. The van der Waals surface area contributed by atoms with Gasteiger partial charge in [-0.25, -0.2) is 9.97 Å². The number of carbonyl (C=O) groups excluding carboxylic acids is 1. The highest BCUT2D eigenvalue weighted by Gasteiger charge is 2.23. The van der Waals surface area contributed by atoms with Crippen LogP contribution < -0.4 is 21.1 Å². The van der Waals surface area contributed by atoms with Gasteiger partial charge in [0.15, 0.2) is 11.6 Å². The molecule has 1 rings (SSSR count). The molecule has 0 aliphatic carbocycles. The van der Waals surface area contributed by atoms with Crippen LogP contribution in [-0.2, 0) is 4.79 Å². The average molecular weight is 281 g/mol. The van der Waals surface area contributed by atoms with E-state index in [-0.39, 0.29) is 12.3 Å². The van der Waals surface area contributed by atoms with Crippen LogP contribution in [0.25, 0.3) is 0 Å². The van der Waals surface area contributed by atoms with Gasteiger partial charge in [-0.2, -0.15) is 0 Å². The van der Waals surface area contributed by atoms with Crippen LogP contribution in [0, 0.1) is 0 Å². The van der Waals surface area contributed by atoms with Crippen LogP contribution in [0.5, 0.6) is 5.75 Å². The molecule has 4 N–H and O–H groups in total. The van der Waals surface area contributed by atoms with E-state index in [1.807, 2.05) is 13.8 Å². The Hall–Kier alpha value is -2.05. The molecule has 0 bridgehead atoms. The molecule has 1 aromatic rings. The number of nitrogens with one attached hydrogen (secondary N) is 2. The van der Waals surface area contributed by atoms with Gasteiger partial charge in [-0.3, -0.25) is 4.79 Å². The lowest BCUT2D eigenvalue weighted by Crippen LogP contribution is -2.36. The van der Waals surface area contributed by atoms with Crippen molar-refractivity contribution in [3.63, 3.8) is 0 Å². The Labute approximate surface area is 119 Å². The molecule has 0 unspecified atom stereocenters. The average Bonchev–Trinajstić information content (AvgIpc) is 2.34. The number of carbonyl (C=O) groups is 1. The second kappa shape index (κ2) is 6.93. The van der Waals surface area contributed by atoms with Crippen molar-refractivity contribution >= 4 is 17.5 Å². The number of methoxy groups -OCH3 is 1. The second-order valence-electron chi connectivity index (χ2n) is 5.18. The number of nitrogens with two attached hydrogens (primary N) is 1. The summed E-state index contributed by atoms with van der Waals surface area (Å²) in [6.45, 7) is 6.60. The van der Waals surface area contributed by atoms with E-state index in [0.29, 0.717) is 17.4 Å². The van der Waals surface area contributed by atoms with Crippen LogP contribution in [0.4, 0.5) is 11.6 Å². The molecule has 112 valence electrons. The standard InChI is InChI=1S/C13H23N5O2/c1-5-6-15-11-10(20-4)12(17-8-16-11)18-13(2,3)7-9(14)19/h8H,5-7H2,1-4H3,(H2,14,19)(H2,15,16,17,18). The summed E-state index contributed by atoms with van der Waals surface area (Å²) in [5, 5.41) is 6.34. The van der Waals surface area contributed by atoms with Crippen molar-refractivity contribution in [2.75, 3.05) is 24.3 Å². The molecule has 0 radical (unpaired) electrons. The predicted molar refractivity (Wildman–Crippen MR) is 78.9 cm³/mol. The van der Waals surface area contributed by atoms with Gasteiger partial charge in [0.25, 0.3) is 0 Å². The minimum Gasteiger partial charge on any atom is -0.490 e. The second-order valence-corrected chi connectivity index (χ2v) is 5.18. The minimum atomic E-state index is -0.518. The van der Waals surface area contributed by atoms with Gasteiger partial charge < -0.3 is 21.1 Å². The summed E-state index contributed by atoms with van der Waals surface area (Å²) in [5.74, 6) is 1.31. The number of nitrogens with zero attached hydrogens (tertiary/aromatic N) is 2. The predicted octanol–water partition coefficient (Wildman–Crippen LogP) is 1.37. The summed E-state index contributed by atoms with van der Waals surface area (Å²) in [4.78, 5) is 19.4. The highest BCUT2D eigenvalue weighted by Crippen LogP contribution is 2.31. The fourth-order valence-corrected chi connectivity index (χ4v) is 1.83. The van der Waals surface area contributed by atoms with E-state index in [2.05, 4.69) is 27.5 Å². The zero-order valence-electron chi connectivity index (χ0n) is 12.5. The third kappa shape index (κ3) is 4.56. The first-order valence-corrected chi connectivity index (χ1v) is 6.59. The van der Waals surface area contributed by atoms with Gasteiger partial charge in [0.1, 0.15) is 6.33 Å². The van der Waals surface area contributed by atoms with Crippen molar-refractivity contribution in [1.82, 2.24) is 9.97 Å². The molecule has 1 heterocycles. The highest BCUT2D eigenvalue weighted by molar-refractivity contribution is 5.76. The first kappa shape index (κ1) is 16.0. The van der Waals surface area contributed by atoms with Crippen LogP contribution in [0.2, 0.25) is 0 Å². The summed E-state index contributed by atoms with van der Waals surface area (Å²) in [6, 6.07) is 0. The first-order chi connectivity index (χ1) is 9.39. The number of hydrogen-bond acceptors (Lipinski definition) is 6. The summed E-state index contributed by atoms with van der Waals surface area (Å²) in [5.41, 5.74) is 4.72. The molecular weight excluding hydrogens is 258 g/mol. The van der Waals surface area contributed by atoms with Gasteiger partial charge in [0, 0.05) is 18.5 Å². The zero-order valence-corrected chi connectivity index (χ0v) is 12.5. The van der Waals surface area contributed by atoms with E-state index in [9.17, 15) is 4.79 Å². The number of aromatic nitrogens is 2. The van der Waals surface area contributed by atoms with Crippen molar-refractivity contribution in [3.05, 3.63) is 6.33 Å². The summed E-state index contributed by atoms with van der Waals surface area (Å²) < 4.78 is 5.36. The number of anilines is 2. The molecule has 0 saturated carbocycles. The molecule has 7 heteroatoms. The summed E-state index contributed by atoms with van der Waals surface area (Å²) in [6.07, 6.45) is 2.62. The number of ether oxygens (including phenoxy) is 1. The molecule has 0 fully saturated rings. The van der Waals surface area contributed by atoms with Gasteiger partial charge in [0.05, 0.1) is 7.11 Å². The highest BCUT2D eigenvalue weighted by atomic mass is 16.5. The smallest absolute Gasteiger partial charge is 0.219 e. The Bertz CT molecular complexity index is 462. The van der Waals surface area contributed by atoms with Gasteiger partial charge in [-0.05, 0) is 20.3 Å². The molecule has 20 heavy (non-hydrogen) atoms. The van der Waals surface area contributed by atoms with E-state index in [4.69, 9.17) is 10.5 Å². The summed E-state index contributed by atoms with van der Waals surface area (Å²) >= 11 is 0. The molecule has 1 aromatic heterocycles. The molecular formula is C13H23N5O2. The van der Waals surface area contributed by atoms with Gasteiger partial charge in [0.2, 0.25) is 11.7 Å². The maximum atomic E-state index is 11.1. The largest absolute Gasteiger partial charge is 0.490 e. The fraction of sp³-hybridized carbons (Fsp3) is 0.615. The van der Waals surface area contributed by atoms with Crippen LogP contribution in [0.3, 0.4) is 0 Å². The van der Waals surface area contributed by atoms with E-state index < -0.39 is 5.54 Å². The minimum absolute atomic E-state index is 0.192. The van der Waals surface area contributed by atoms with Gasteiger partial charge in [-0.15, -0.1) is 0 Å². The number of rotatable bonds is 8. The molecule has 0 aromatic carbocycles. The monoisotopic (exact) mass is 281 g/mol. The van der Waals surface area contributed by atoms with Crippen LogP contribution in [0.15, 0.2) is 6.33 Å². The molecule has 0 saturated heterocycles. The maximum Gasteiger partial charge on any atom is 0.219 e. The molecule has 7 nitrogen and oxygen atoms in total. The fourth-order valence-electron chi connectivity index (χ4n) is 1.83. The SMILES string of the molecule is CCCNc1ncnc(NC(C)(C)CC(N)=O)c1OC. The number of primary amides is 1. The molecule has 1 amide bonds. The molecule has 0 atom stereocenters. The van der Waals surface area contributed by atoms with Gasteiger partial charge >= 0.3 is 0 Å². The van der Waals surface area contributed by atoms with Crippen molar-refractivity contribution in [3.8, 4) is 5.75 Å². The van der Waals surface area contributed by atoms with Gasteiger partial charge in [-0.1, -0.05) is 6.92 Å². The van der Waals surface area contributed by atoms with E-state index in [0.717, 1.165) is 13.0 Å². The molecule has 0 aliphatic heterocycles. The Kier molecular flexibility index (Phi) is 5.54.